The average molecular weight is 309 g/mol. The Morgan fingerprint density at radius 2 is 1.05 bits per heavy atom. The zero-order valence-corrected chi connectivity index (χ0v) is 13.1. The molecule has 0 fully saturated rings. The maximum Gasteiger partial charge on any atom is 0.182 e. The van der Waals surface area contributed by atoms with Gasteiger partial charge in [0.05, 0.1) is 7.11 Å². The summed E-state index contributed by atoms with van der Waals surface area (Å²) in [7, 11) is -0.880. The summed E-state index contributed by atoms with van der Waals surface area (Å²) in [5.41, 5.74) is 0. The Balaban J connectivity index is 2.21. The molecule has 3 aromatic rings. The molecule has 3 aromatic carbocycles. The van der Waals surface area contributed by atoms with E-state index in [0.29, 0.717) is 0 Å². The number of hydrogen-bond acceptors (Lipinski definition) is 2. The molecule has 3 heteroatoms. The second-order valence-corrected chi connectivity index (χ2v) is 7.38. The third kappa shape index (κ3) is 2.55. The quantitative estimate of drug-likeness (QED) is 0.655. The fraction of sp³-hybridized carbons (Fsp3) is 0.0526. The van der Waals surface area contributed by atoms with Gasteiger partial charge < -0.3 is 4.74 Å². The Morgan fingerprint density at radius 3 is 1.45 bits per heavy atom. The van der Waals surface area contributed by atoms with E-state index in [9.17, 15) is 4.21 Å². The van der Waals surface area contributed by atoms with Gasteiger partial charge in [-0.05, 0) is 48.5 Å². The molecule has 0 saturated heterocycles. The smallest absolute Gasteiger partial charge is 0.182 e. The van der Waals surface area contributed by atoms with Crippen molar-refractivity contribution in [1.29, 1.82) is 0 Å². The Hall–Kier alpha value is -2.39. The van der Waals surface area contributed by atoms with Crippen molar-refractivity contribution >= 4 is 9.93 Å². The van der Waals surface area contributed by atoms with Crippen LogP contribution in [0.2, 0.25) is 0 Å². The first-order valence-corrected chi connectivity index (χ1v) is 8.59. The minimum atomic E-state index is -2.51. The molecule has 110 valence electrons. The highest BCUT2D eigenvalue weighted by molar-refractivity contribution is 8.03. The molecule has 0 bridgehead atoms. The van der Waals surface area contributed by atoms with E-state index in [1.54, 1.807) is 7.11 Å². The van der Waals surface area contributed by atoms with E-state index < -0.39 is 9.93 Å². The number of ether oxygens (including phenoxy) is 1. The van der Waals surface area contributed by atoms with Crippen LogP contribution in [0.1, 0.15) is 0 Å². The molecule has 0 spiro atoms. The number of methoxy groups -OCH3 is 1. The first-order chi connectivity index (χ1) is 10.7. The lowest BCUT2D eigenvalue weighted by Crippen LogP contribution is -2.12. The summed E-state index contributed by atoms with van der Waals surface area (Å²) in [6.07, 6.45) is 0. The highest BCUT2D eigenvalue weighted by Gasteiger charge is 2.37. The Kier molecular flexibility index (Phi) is 4.07. The Labute approximate surface area is 131 Å². The van der Waals surface area contributed by atoms with Gasteiger partial charge in [0.25, 0.3) is 0 Å². The van der Waals surface area contributed by atoms with Crippen LogP contribution in [0.4, 0.5) is 0 Å². The molecule has 0 aromatic heterocycles. The predicted octanol–water partition coefficient (Wildman–Crippen LogP) is 4.67. The van der Waals surface area contributed by atoms with Gasteiger partial charge >= 0.3 is 0 Å². The van der Waals surface area contributed by atoms with E-state index in [-0.39, 0.29) is 0 Å². The monoisotopic (exact) mass is 309 g/mol. The molecule has 3 rings (SSSR count). The maximum atomic E-state index is 13.9. The standard InChI is InChI=1S/C19H17O2S/c1-21-16-12-14-19(15-13-16)22(20,17-8-4-2-5-9-17)18-10-6-3-7-11-18/h2-15H,1H3/q+1. The summed E-state index contributed by atoms with van der Waals surface area (Å²) in [6.45, 7) is 0. The van der Waals surface area contributed by atoms with E-state index in [2.05, 4.69) is 0 Å². The van der Waals surface area contributed by atoms with Crippen molar-refractivity contribution in [2.24, 2.45) is 0 Å². The molecule has 22 heavy (non-hydrogen) atoms. The van der Waals surface area contributed by atoms with Crippen molar-refractivity contribution in [3.8, 4) is 5.75 Å². The van der Waals surface area contributed by atoms with Crippen LogP contribution in [0.25, 0.3) is 0 Å². The fourth-order valence-corrected chi connectivity index (χ4v) is 4.82. The zero-order valence-electron chi connectivity index (χ0n) is 12.3. The van der Waals surface area contributed by atoms with Crippen molar-refractivity contribution in [2.45, 2.75) is 14.7 Å². The molecule has 0 radical (unpaired) electrons. The third-order valence-electron chi connectivity index (χ3n) is 3.54. The minimum Gasteiger partial charge on any atom is -0.497 e. The van der Waals surface area contributed by atoms with Crippen LogP contribution in [0.15, 0.2) is 99.6 Å². The molecule has 0 atom stereocenters. The topological polar surface area (TPSA) is 26.3 Å². The highest BCUT2D eigenvalue weighted by atomic mass is 32.2. The molecule has 0 heterocycles. The third-order valence-corrected chi connectivity index (χ3v) is 6.35. The SMILES string of the molecule is COc1ccc([S+](=O)(c2ccccc2)c2ccccc2)cc1. The second kappa shape index (κ2) is 6.16. The first-order valence-electron chi connectivity index (χ1n) is 7.03. The zero-order chi connectivity index (χ0) is 15.4. The summed E-state index contributed by atoms with van der Waals surface area (Å²) in [5.74, 6) is 0.756. The van der Waals surface area contributed by atoms with Gasteiger partial charge in [-0.1, -0.05) is 40.6 Å². The Bertz CT molecular complexity index is 737. The van der Waals surface area contributed by atoms with Gasteiger partial charge in [-0.25, -0.2) is 0 Å². The predicted molar refractivity (Wildman–Crippen MR) is 88.7 cm³/mol. The second-order valence-electron chi connectivity index (χ2n) is 4.86. The summed E-state index contributed by atoms with van der Waals surface area (Å²) >= 11 is 0. The molecular weight excluding hydrogens is 292 g/mol. The van der Waals surface area contributed by atoms with Crippen LogP contribution in [0.3, 0.4) is 0 Å². The number of hydrogen-bond donors (Lipinski definition) is 0. The van der Waals surface area contributed by atoms with Crippen molar-refractivity contribution in [1.82, 2.24) is 0 Å². The lowest BCUT2D eigenvalue weighted by molar-refractivity contribution is 0.414. The average Bonchev–Trinajstić information content (AvgIpc) is 2.62. The summed E-state index contributed by atoms with van der Waals surface area (Å²) < 4.78 is 19.1. The van der Waals surface area contributed by atoms with Gasteiger partial charge in [-0.15, -0.1) is 0 Å². The van der Waals surface area contributed by atoms with Crippen molar-refractivity contribution in [3.05, 3.63) is 84.9 Å². The molecule has 0 N–H and O–H groups in total. The minimum absolute atomic E-state index is 0.756. The van der Waals surface area contributed by atoms with E-state index >= 15 is 0 Å². The molecule has 0 amide bonds. The van der Waals surface area contributed by atoms with E-state index in [4.69, 9.17) is 4.74 Å². The number of rotatable bonds is 4. The van der Waals surface area contributed by atoms with Gasteiger partial charge in [0.1, 0.15) is 5.75 Å². The highest BCUT2D eigenvalue weighted by Crippen LogP contribution is 2.36. The summed E-state index contributed by atoms with van der Waals surface area (Å²) in [5, 5.41) is 0. The molecular formula is C19H17O2S+. The van der Waals surface area contributed by atoms with E-state index in [1.807, 2.05) is 84.9 Å². The van der Waals surface area contributed by atoms with Crippen LogP contribution < -0.4 is 4.74 Å². The fourth-order valence-electron chi connectivity index (χ4n) is 2.40. The lowest BCUT2D eigenvalue weighted by atomic mass is 10.3. The van der Waals surface area contributed by atoms with Crippen LogP contribution >= 0.6 is 0 Å². The van der Waals surface area contributed by atoms with Crippen LogP contribution in [0.5, 0.6) is 5.75 Å². The molecule has 0 aliphatic rings. The van der Waals surface area contributed by atoms with Gasteiger partial charge in [0.2, 0.25) is 0 Å². The van der Waals surface area contributed by atoms with Gasteiger partial charge in [-0.2, -0.15) is 0 Å². The van der Waals surface area contributed by atoms with Crippen molar-refractivity contribution < 1.29 is 8.95 Å². The first kappa shape index (κ1) is 14.5. The van der Waals surface area contributed by atoms with Gasteiger partial charge in [0, 0.05) is 0 Å². The largest absolute Gasteiger partial charge is 0.497 e. The van der Waals surface area contributed by atoms with Crippen molar-refractivity contribution in [2.75, 3.05) is 7.11 Å². The van der Waals surface area contributed by atoms with E-state index in [0.717, 1.165) is 20.4 Å². The normalized spacial score (nSPS) is 11.1. The van der Waals surface area contributed by atoms with E-state index in [1.165, 1.54) is 0 Å². The molecule has 0 unspecified atom stereocenters. The maximum absolute atomic E-state index is 13.9. The molecule has 2 nitrogen and oxygen atoms in total. The summed E-state index contributed by atoms with van der Waals surface area (Å²) in [6, 6.07) is 26.7. The van der Waals surface area contributed by atoms with Crippen LogP contribution in [0, 0.1) is 0 Å². The van der Waals surface area contributed by atoms with Gasteiger partial charge in [-0.3, -0.25) is 0 Å². The lowest BCUT2D eigenvalue weighted by Gasteiger charge is -2.12. The number of benzene rings is 3. The van der Waals surface area contributed by atoms with Crippen LogP contribution in [-0.2, 0) is 14.1 Å². The van der Waals surface area contributed by atoms with Crippen LogP contribution in [-0.4, -0.2) is 7.11 Å². The van der Waals surface area contributed by atoms with Gasteiger partial charge in [0.15, 0.2) is 24.6 Å². The molecule has 0 aliphatic carbocycles. The molecule has 0 aliphatic heterocycles. The molecule has 0 saturated carbocycles. The van der Waals surface area contributed by atoms with Crippen molar-refractivity contribution in [3.63, 3.8) is 0 Å². The Morgan fingerprint density at radius 1 is 0.636 bits per heavy atom. The summed E-state index contributed by atoms with van der Waals surface area (Å²) in [4.78, 5) is 2.41.